The molecule has 0 aliphatic carbocycles. The van der Waals surface area contributed by atoms with Crippen LogP contribution < -0.4 is 11.5 Å². The van der Waals surface area contributed by atoms with Crippen molar-refractivity contribution in [3.8, 4) is 0 Å². The second-order valence-electron chi connectivity index (χ2n) is 5.59. The van der Waals surface area contributed by atoms with Gasteiger partial charge in [-0.15, -0.1) is 0 Å². The first-order chi connectivity index (χ1) is 8.99. The zero-order valence-electron chi connectivity index (χ0n) is 11.7. The summed E-state index contributed by atoms with van der Waals surface area (Å²) in [5, 5.41) is 0. The van der Waals surface area contributed by atoms with Crippen LogP contribution in [0.2, 0.25) is 0 Å². The van der Waals surface area contributed by atoms with Gasteiger partial charge in [-0.25, -0.2) is 0 Å². The molecule has 1 amide bonds. The maximum absolute atomic E-state index is 12.6. The molecule has 2 rings (SSSR count). The van der Waals surface area contributed by atoms with Gasteiger partial charge in [0, 0.05) is 30.4 Å². The number of aryl methyl sites for hydroxylation is 1. The van der Waals surface area contributed by atoms with E-state index in [1.165, 1.54) is 0 Å². The molecule has 4 heteroatoms. The standard InChI is InChI=1S/C15H23N3O/c1-10-5-6-13(17)8-14(10)15(19)18-7-3-4-12(9-18)11(2)16/h5-6,8,11-12H,3-4,7,9,16-17H2,1-2H3. The van der Waals surface area contributed by atoms with E-state index in [4.69, 9.17) is 11.5 Å². The van der Waals surface area contributed by atoms with Gasteiger partial charge in [-0.2, -0.15) is 0 Å². The summed E-state index contributed by atoms with van der Waals surface area (Å²) >= 11 is 0. The first kappa shape index (κ1) is 13.9. The lowest BCUT2D eigenvalue weighted by Gasteiger charge is -2.35. The number of hydrogen-bond donors (Lipinski definition) is 2. The molecule has 4 N–H and O–H groups in total. The minimum absolute atomic E-state index is 0.0788. The quantitative estimate of drug-likeness (QED) is 0.797. The number of hydrogen-bond acceptors (Lipinski definition) is 3. The third-order valence-corrected chi connectivity index (χ3v) is 3.98. The molecule has 0 spiro atoms. The van der Waals surface area contributed by atoms with Gasteiger partial charge < -0.3 is 16.4 Å². The van der Waals surface area contributed by atoms with Crippen molar-refractivity contribution in [3.63, 3.8) is 0 Å². The minimum Gasteiger partial charge on any atom is -0.399 e. The third kappa shape index (κ3) is 3.07. The average Bonchev–Trinajstić information content (AvgIpc) is 2.41. The fourth-order valence-corrected chi connectivity index (χ4v) is 2.66. The van der Waals surface area contributed by atoms with Crippen molar-refractivity contribution in [3.05, 3.63) is 29.3 Å². The minimum atomic E-state index is 0.0788. The van der Waals surface area contributed by atoms with Crippen LogP contribution in [0.25, 0.3) is 0 Å². The van der Waals surface area contributed by atoms with Crippen molar-refractivity contribution in [2.75, 3.05) is 18.8 Å². The normalized spacial score (nSPS) is 21.2. The molecule has 19 heavy (non-hydrogen) atoms. The Kier molecular flexibility index (Phi) is 4.10. The van der Waals surface area contributed by atoms with Crippen molar-refractivity contribution < 1.29 is 4.79 Å². The number of carbonyl (C=O) groups excluding carboxylic acids is 1. The maximum Gasteiger partial charge on any atom is 0.254 e. The molecule has 0 bridgehead atoms. The molecule has 0 saturated carbocycles. The SMILES string of the molecule is Cc1ccc(N)cc1C(=O)N1CCCC(C(C)N)C1. The van der Waals surface area contributed by atoms with Gasteiger partial charge in [-0.1, -0.05) is 6.07 Å². The number of amides is 1. The second-order valence-corrected chi connectivity index (χ2v) is 5.59. The summed E-state index contributed by atoms with van der Waals surface area (Å²) in [7, 11) is 0. The summed E-state index contributed by atoms with van der Waals surface area (Å²) in [6.45, 7) is 5.53. The van der Waals surface area contributed by atoms with Gasteiger partial charge in [-0.3, -0.25) is 4.79 Å². The highest BCUT2D eigenvalue weighted by molar-refractivity contribution is 5.96. The predicted molar refractivity (Wildman–Crippen MR) is 77.9 cm³/mol. The number of anilines is 1. The molecule has 1 heterocycles. The molecule has 104 valence electrons. The monoisotopic (exact) mass is 261 g/mol. The summed E-state index contributed by atoms with van der Waals surface area (Å²) in [5.41, 5.74) is 14.1. The van der Waals surface area contributed by atoms with E-state index in [9.17, 15) is 4.79 Å². The molecular weight excluding hydrogens is 238 g/mol. The highest BCUT2D eigenvalue weighted by atomic mass is 16.2. The number of rotatable bonds is 2. The Hall–Kier alpha value is -1.55. The van der Waals surface area contributed by atoms with Crippen molar-refractivity contribution >= 4 is 11.6 Å². The molecule has 2 unspecified atom stereocenters. The Morgan fingerprint density at radius 2 is 2.21 bits per heavy atom. The average molecular weight is 261 g/mol. The van der Waals surface area contributed by atoms with Crippen LogP contribution in [0.1, 0.15) is 35.7 Å². The fraction of sp³-hybridized carbons (Fsp3) is 0.533. The van der Waals surface area contributed by atoms with Crippen LogP contribution in [-0.2, 0) is 0 Å². The van der Waals surface area contributed by atoms with Gasteiger partial charge in [0.15, 0.2) is 0 Å². The largest absolute Gasteiger partial charge is 0.399 e. The van der Waals surface area contributed by atoms with E-state index in [1.807, 2.05) is 30.9 Å². The van der Waals surface area contributed by atoms with Crippen LogP contribution in [0.3, 0.4) is 0 Å². The third-order valence-electron chi connectivity index (χ3n) is 3.98. The zero-order valence-corrected chi connectivity index (χ0v) is 11.7. The summed E-state index contributed by atoms with van der Waals surface area (Å²) in [6, 6.07) is 5.63. The highest BCUT2D eigenvalue weighted by Crippen LogP contribution is 2.22. The first-order valence-corrected chi connectivity index (χ1v) is 6.90. The summed E-state index contributed by atoms with van der Waals surface area (Å²) in [6.07, 6.45) is 2.14. The molecule has 4 nitrogen and oxygen atoms in total. The predicted octanol–water partition coefficient (Wildman–Crippen LogP) is 1.78. The van der Waals surface area contributed by atoms with E-state index in [0.717, 1.165) is 31.5 Å². The Morgan fingerprint density at radius 3 is 2.89 bits per heavy atom. The van der Waals surface area contributed by atoms with Gasteiger partial charge in [0.1, 0.15) is 0 Å². The number of nitrogen functional groups attached to an aromatic ring is 1. The molecule has 1 fully saturated rings. The van der Waals surface area contributed by atoms with Gasteiger partial charge in [-0.05, 0) is 50.3 Å². The van der Waals surface area contributed by atoms with E-state index in [2.05, 4.69) is 0 Å². The lowest BCUT2D eigenvalue weighted by molar-refractivity contribution is 0.0660. The van der Waals surface area contributed by atoms with E-state index >= 15 is 0 Å². The Bertz CT molecular complexity index is 470. The first-order valence-electron chi connectivity index (χ1n) is 6.90. The van der Waals surface area contributed by atoms with E-state index in [0.29, 0.717) is 17.2 Å². The Labute approximate surface area is 114 Å². The number of likely N-dealkylation sites (tertiary alicyclic amines) is 1. The molecule has 1 aromatic carbocycles. The van der Waals surface area contributed by atoms with Crippen molar-refractivity contribution in [1.29, 1.82) is 0 Å². The molecule has 1 aromatic rings. The summed E-state index contributed by atoms with van der Waals surface area (Å²) < 4.78 is 0. The Morgan fingerprint density at radius 1 is 1.47 bits per heavy atom. The lowest BCUT2D eigenvalue weighted by atomic mass is 9.91. The van der Waals surface area contributed by atoms with E-state index in [-0.39, 0.29) is 11.9 Å². The maximum atomic E-state index is 12.6. The van der Waals surface area contributed by atoms with Gasteiger partial charge in [0.25, 0.3) is 5.91 Å². The van der Waals surface area contributed by atoms with E-state index in [1.54, 1.807) is 6.07 Å². The van der Waals surface area contributed by atoms with Gasteiger partial charge >= 0.3 is 0 Å². The topological polar surface area (TPSA) is 72.4 Å². The molecule has 2 atom stereocenters. The number of benzene rings is 1. The second kappa shape index (κ2) is 5.61. The van der Waals surface area contributed by atoms with Crippen molar-refractivity contribution in [1.82, 2.24) is 4.90 Å². The van der Waals surface area contributed by atoms with Crippen LogP contribution in [0.4, 0.5) is 5.69 Å². The van der Waals surface area contributed by atoms with Gasteiger partial charge in [0.05, 0.1) is 0 Å². The van der Waals surface area contributed by atoms with Crippen molar-refractivity contribution in [2.24, 2.45) is 11.7 Å². The molecule has 0 radical (unpaired) electrons. The highest BCUT2D eigenvalue weighted by Gasteiger charge is 2.27. The number of carbonyl (C=O) groups is 1. The van der Waals surface area contributed by atoms with Crippen LogP contribution in [0, 0.1) is 12.8 Å². The number of piperidine rings is 1. The Balaban J connectivity index is 2.17. The van der Waals surface area contributed by atoms with Gasteiger partial charge in [0.2, 0.25) is 0 Å². The van der Waals surface area contributed by atoms with Crippen LogP contribution in [-0.4, -0.2) is 29.9 Å². The number of nitrogens with two attached hydrogens (primary N) is 2. The summed E-state index contributed by atoms with van der Waals surface area (Å²) in [5.74, 6) is 0.481. The van der Waals surface area contributed by atoms with Crippen LogP contribution in [0.5, 0.6) is 0 Å². The lowest BCUT2D eigenvalue weighted by Crippen LogP contribution is -2.45. The molecule has 1 aliphatic heterocycles. The molecule has 0 aromatic heterocycles. The number of nitrogens with zero attached hydrogens (tertiary/aromatic N) is 1. The fourth-order valence-electron chi connectivity index (χ4n) is 2.66. The van der Waals surface area contributed by atoms with Crippen molar-refractivity contribution in [2.45, 2.75) is 32.7 Å². The zero-order chi connectivity index (χ0) is 14.0. The van der Waals surface area contributed by atoms with E-state index < -0.39 is 0 Å². The summed E-state index contributed by atoms with van der Waals surface area (Å²) in [4.78, 5) is 14.5. The molecule has 1 saturated heterocycles. The van der Waals surface area contributed by atoms with Crippen LogP contribution in [0.15, 0.2) is 18.2 Å². The molecule has 1 aliphatic rings. The smallest absolute Gasteiger partial charge is 0.254 e. The molecular formula is C15H23N3O. The van der Waals surface area contributed by atoms with Crippen LogP contribution >= 0.6 is 0 Å².